The minimum absolute atomic E-state index is 0.0266. The van der Waals surface area contributed by atoms with Gasteiger partial charge in [-0.05, 0) is 54.9 Å². The van der Waals surface area contributed by atoms with Crippen LogP contribution < -0.4 is 10.5 Å². The van der Waals surface area contributed by atoms with Gasteiger partial charge in [0.2, 0.25) is 0 Å². The first-order valence-electron chi connectivity index (χ1n) is 8.23. The van der Waals surface area contributed by atoms with Crippen LogP contribution in [-0.4, -0.2) is 36.5 Å². The van der Waals surface area contributed by atoms with Crippen LogP contribution in [0.1, 0.15) is 43.5 Å². The zero-order chi connectivity index (χ0) is 15.7. The number of carbonyl (C=O) groups excluding carboxylic acids is 1. The van der Waals surface area contributed by atoms with Crippen molar-refractivity contribution < 1.29 is 9.53 Å². The normalized spacial score (nSPS) is 24.1. The number of piperidine rings is 1. The molecule has 1 heterocycles. The van der Waals surface area contributed by atoms with E-state index in [1.807, 2.05) is 29.2 Å². The summed E-state index contributed by atoms with van der Waals surface area (Å²) in [6, 6.07) is 7.69. The highest BCUT2D eigenvalue weighted by molar-refractivity contribution is 5.94. The Balaban J connectivity index is 1.61. The SMILES string of the molecule is CC1(C)CN(C(=O)c2ccc(OCC3CC3)cc2)CCC1N. The van der Waals surface area contributed by atoms with Gasteiger partial charge >= 0.3 is 0 Å². The maximum atomic E-state index is 12.6. The van der Waals surface area contributed by atoms with Gasteiger partial charge in [0.05, 0.1) is 6.61 Å². The van der Waals surface area contributed by atoms with Crippen LogP contribution in [0.4, 0.5) is 0 Å². The number of nitrogens with zero attached hydrogens (tertiary/aromatic N) is 1. The van der Waals surface area contributed by atoms with Gasteiger partial charge in [0.1, 0.15) is 5.75 Å². The molecular weight excluding hydrogens is 276 g/mol. The van der Waals surface area contributed by atoms with Crippen LogP contribution in [0.5, 0.6) is 5.75 Å². The topological polar surface area (TPSA) is 55.6 Å². The minimum atomic E-state index is -0.0266. The Kier molecular flexibility index (Phi) is 4.13. The Morgan fingerprint density at radius 2 is 1.95 bits per heavy atom. The van der Waals surface area contributed by atoms with Crippen LogP contribution in [-0.2, 0) is 0 Å². The summed E-state index contributed by atoms with van der Waals surface area (Å²) in [5.41, 5.74) is 6.84. The quantitative estimate of drug-likeness (QED) is 0.930. The van der Waals surface area contributed by atoms with Gasteiger partial charge in [0, 0.05) is 24.7 Å². The number of likely N-dealkylation sites (tertiary alicyclic amines) is 1. The van der Waals surface area contributed by atoms with Gasteiger partial charge in [0.25, 0.3) is 5.91 Å². The van der Waals surface area contributed by atoms with Gasteiger partial charge in [-0.25, -0.2) is 0 Å². The molecule has 1 unspecified atom stereocenters. The van der Waals surface area contributed by atoms with Crippen molar-refractivity contribution in [2.75, 3.05) is 19.7 Å². The molecule has 1 aliphatic carbocycles. The highest BCUT2D eigenvalue weighted by atomic mass is 16.5. The number of rotatable bonds is 4. The molecule has 1 aliphatic heterocycles. The number of carbonyl (C=O) groups is 1. The Morgan fingerprint density at radius 1 is 1.27 bits per heavy atom. The molecule has 3 rings (SSSR count). The fraction of sp³-hybridized carbons (Fsp3) is 0.611. The van der Waals surface area contributed by atoms with Crippen molar-refractivity contribution in [2.24, 2.45) is 17.1 Å². The van der Waals surface area contributed by atoms with Gasteiger partial charge < -0.3 is 15.4 Å². The molecule has 0 aromatic heterocycles. The van der Waals surface area contributed by atoms with E-state index in [1.165, 1.54) is 12.8 Å². The lowest BCUT2D eigenvalue weighted by Crippen LogP contribution is -2.53. The number of nitrogens with two attached hydrogens (primary N) is 1. The van der Waals surface area contributed by atoms with E-state index in [0.29, 0.717) is 6.54 Å². The van der Waals surface area contributed by atoms with Crippen molar-refractivity contribution in [3.05, 3.63) is 29.8 Å². The maximum absolute atomic E-state index is 12.6. The largest absolute Gasteiger partial charge is 0.493 e. The van der Waals surface area contributed by atoms with Gasteiger partial charge in [-0.2, -0.15) is 0 Å². The van der Waals surface area contributed by atoms with Crippen LogP contribution in [0.3, 0.4) is 0 Å². The van der Waals surface area contributed by atoms with Gasteiger partial charge in [-0.1, -0.05) is 13.8 Å². The molecule has 0 radical (unpaired) electrons. The average molecular weight is 302 g/mol. The van der Waals surface area contributed by atoms with E-state index >= 15 is 0 Å². The molecule has 0 spiro atoms. The first-order valence-corrected chi connectivity index (χ1v) is 8.23. The fourth-order valence-corrected chi connectivity index (χ4v) is 2.92. The summed E-state index contributed by atoms with van der Waals surface area (Å²) in [7, 11) is 0. The predicted molar refractivity (Wildman–Crippen MR) is 86.9 cm³/mol. The third-order valence-corrected chi connectivity index (χ3v) is 4.88. The van der Waals surface area contributed by atoms with Crippen molar-refractivity contribution in [1.82, 2.24) is 4.90 Å². The van der Waals surface area contributed by atoms with Crippen LogP contribution in [0.2, 0.25) is 0 Å². The van der Waals surface area contributed by atoms with Crippen molar-refractivity contribution in [2.45, 2.75) is 39.2 Å². The number of amides is 1. The summed E-state index contributed by atoms with van der Waals surface area (Å²) in [4.78, 5) is 14.5. The zero-order valence-corrected chi connectivity index (χ0v) is 13.5. The van der Waals surface area contributed by atoms with E-state index in [1.54, 1.807) is 0 Å². The molecule has 1 saturated heterocycles. The van der Waals surface area contributed by atoms with E-state index in [9.17, 15) is 4.79 Å². The number of benzene rings is 1. The van der Waals surface area contributed by atoms with Crippen molar-refractivity contribution in [1.29, 1.82) is 0 Å². The Hall–Kier alpha value is -1.55. The molecule has 22 heavy (non-hydrogen) atoms. The molecule has 1 amide bonds. The summed E-state index contributed by atoms with van der Waals surface area (Å²) < 4.78 is 5.72. The molecule has 0 bridgehead atoms. The summed E-state index contributed by atoms with van der Waals surface area (Å²) in [6.07, 6.45) is 3.42. The van der Waals surface area contributed by atoms with Crippen LogP contribution >= 0.6 is 0 Å². The van der Waals surface area contributed by atoms with Crippen LogP contribution in [0.25, 0.3) is 0 Å². The lowest BCUT2D eigenvalue weighted by Gasteiger charge is -2.42. The van der Waals surface area contributed by atoms with Gasteiger partial charge in [-0.15, -0.1) is 0 Å². The third kappa shape index (κ3) is 3.43. The molecule has 4 nitrogen and oxygen atoms in total. The van der Waals surface area contributed by atoms with Gasteiger partial charge in [-0.3, -0.25) is 4.79 Å². The monoisotopic (exact) mass is 302 g/mol. The van der Waals surface area contributed by atoms with Crippen molar-refractivity contribution >= 4 is 5.91 Å². The Morgan fingerprint density at radius 3 is 2.55 bits per heavy atom. The fourth-order valence-electron chi connectivity index (χ4n) is 2.92. The van der Waals surface area contributed by atoms with Crippen molar-refractivity contribution in [3.8, 4) is 5.75 Å². The highest BCUT2D eigenvalue weighted by Crippen LogP contribution is 2.30. The third-order valence-electron chi connectivity index (χ3n) is 4.88. The second kappa shape index (κ2) is 5.92. The van der Waals surface area contributed by atoms with Gasteiger partial charge in [0.15, 0.2) is 0 Å². The molecule has 1 aromatic rings. The number of hydrogen-bond acceptors (Lipinski definition) is 3. The first-order chi connectivity index (χ1) is 10.5. The summed E-state index contributed by atoms with van der Waals surface area (Å²) >= 11 is 0. The summed E-state index contributed by atoms with van der Waals surface area (Å²) in [5, 5.41) is 0. The molecule has 1 aromatic carbocycles. The number of hydrogen-bond donors (Lipinski definition) is 1. The summed E-state index contributed by atoms with van der Waals surface area (Å²) in [6.45, 7) is 6.51. The lowest BCUT2D eigenvalue weighted by atomic mass is 9.79. The van der Waals surface area contributed by atoms with E-state index in [-0.39, 0.29) is 17.4 Å². The van der Waals surface area contributed by atoms with E-state index in [0.717, 1.165) is 36.8 Å². The molecular formula is C18H26N2O2. The first kappa shape index (κ1) is 15.3. The lowest BCUT2D eigenvalue weighted by molar-refractivity contribution is 0.0533. The van der Waals surface area contributed by atoms with E-state index in [4.69, 9.17) is 10.5 Å². The minimum Gasteiger partial charge on any atom is -0.493 e. The maximum Gasteiger partial charge on any atom is 0.253 e. The second-order valence-electron chi connectivity index (χ2n) is 7.39. The summed E-state index contributed by atoms with van der Waals surface area (Å²) in [5.74, 6) is 1.68. The van der Waals surface area contributed by atoms with Crippen molar-refractivity contribution in [3.63, 3.8) is 0 Å². The molecule has 1 saturated carbocycles. The predicted octanol–water partition coefficient (Wildman–Crippen LogP) is 2.67. The molecule has 2 N–H and O–H groups in total. The average Bonchev–Trinajstić information content (AvgIpc) is 3.32. The molecule has 120 valence electrons. The number of ether oxygens (including phenoxy) is 1. The zero-order valence-electron chi connectivity index (χ0n) is 13.5. The van der Waals surface area contributed by atoms with Crippen LogP contribution in [0.15, 0.2) is 24.3 Å². The van der Waals surface area contributed by atoms with E-state index < -0.39 is 0 Å². The Bertz CT molecular complexity index is 535. The smallest absolute Gasteiger partial charge is 0.253 e. The molecule has 4 heteroatoms. The van der Waals surface area contributed by atoms with Crippen LogP contribution in [0, 0.1) is 11.3 Å². The van der Waals surface area contributed by atoms with E-state index in [2.05, 4.69) is 13.8 Å². The molecule has 1 atom stereocenters. The molecule has 2 fully saturated rings. The standard InChI is InChI=1S/C18H26N2O2/c1-18(2)12-20(10-9-16(18)19)17(21)14-5-7-15(8-6-14)22-11-13-3-4-13/h5-8,13,16H,3-4,9-12,19H2,1-2H3. The Labute approximate surface area is 132 Å². The second-order valence-corrected chi connectivity index (χ2v) is 7.39. The molecule has 2 aliphatic rings. The highest BCUT2D eigenvalue weighted by Gasteiger charge is 2.35.